The largest absolute Gasteiger partial charge is 0.309 e. The van der Waals surface area contributed by atoms with Gasteiger partial charge in [0, 0.05) is 65.2 Å². The van der Waals surface area contributed by atoms with Crippen LogP contribution in [0.25, 0.3) is 93.9 Å². The fourth-order valence-corrected chi connectivity index (χ4v) is 12.9. The van der Waals surface area contributed by atoms with Crippen molar-refractivity contribution in [3.8, 4) is 34.5 Å². The number of para-hydroxylation sites is 4. The van der Waals surface area contributed by atoms with E-state index < -0.39 is 5.41 Å². The first-order valence-electron chi connectivity index (χ1n) is 22.5. The van der Waals surface area contributed by atoms with Crippen LogP contribution in [0.4, 0.5) is 0 Å². The van der Waals surface area contributed by atoms with Gasteiger partial charge in [-0.05, 0) is 114 Å². The highest BCUT2D eigenvalue weighted by Gasteiger charge is 2.52. The third kappa shape index (κ3) is 4.79. The van der Waals surface area contributed by atoms with Crippen molar-refractivity contribution in [3.63, 3.8) is 0 Å². The van der Waals surface area contributed by atoms with Gasteiger partial charge in [-0.25, -0.2) is 0 Å². The van der Waals surface area contributed by atoms with Crippen LogP contribution < -0.4 is 0 Å². The zero-order chi connectivity index (χ0) is 44.0. The molecular weight excluding hydrogens is 837 g/mol. The van der Waals surface area contributed by atoms with Gasteiger partial charge in [-0.3, -0.25) is 9.97 Å². The number of nitriles is 1. The van der Waals surface area contributed by atoms with E-state index in [-0.39, 0.29) is 0 Å². The normalized spacial score (nSPS) is 14.9. The van der Waals surface area contributed by atoms with E-state index in [1.54, 1.807) is 0 Å². The van der Waals surface area contributed by atoms with Crippen molar-refractivity contribution in [1.82, 2.24) is 23.7 Å². The van der Waals surface area contributed by atoms with Gasteiger partial charge in [0.05, 0.1) is 73.4 Å². The lowest BCUT2D eigenvalue weighted by Crippen LogP contribution is -2.32. The Labute approximate surface area is 388 Å². The SMILES string of the molecule is N#Cc1ccc2c(c1)c1ccccc1n2-c1cnc2c(c1)C1(c3ccccc3Sc3ccc(-n4c5ccccc5c5cc(-n6c7ccccc7c7ccccc76)ccc54)cc31)c1cccnc1-2. The fraction of sp³-hybridized carbons (Fsp3) is 0.0167. The lowest BCUT2D eigenvalue weighted by molar-refractivity contribution is 0.717. The average Bonchev–Trinajstić information content (AvgIpc) is 4.10. The number of benzene rings is 8. The van der Waals surface area contributed by atoms with E-state index in [1.165, 1.54) is 53.5 Å². The van der Waals surface area contributed by atoms with E-state index in [1.807, 2.05) is 36.3 Å². The van der Waals surface area contributed by atoms with Crippen LogP contribution in [0, 0.1) is 11.3 Å². The molecule has 0 bridgehead atoms. The minimum Gasteiger partial charge on any atom is -0.309 e. The van der Waals surface area contributed by atoms with Crippen molar-refractivity contribution in [1.29, 1.82) is 5.26 Å². The van der Waals surface area contributed by atoms with Crippen LogP contribution in [0.3, 0.4) is 0 Å². The Bertz CT molecular complexity index is 4300. The quantitative estimate of drug-likeness (QED) is 0.177. The van der Waals surface area contributed by atoms with E-state index >= 15 is 0 Å². The average molecular weight is 871 g/mol. The van der Waals surface area contributed by atoms with Crippen LogP contribution in [-0.2, 0) is 5.41 Å². The Morgan fingerprint density at radius 2 is 0.881 bits per heavy atom. The zero-order valence-electron chi connectivity index (χ0n) is 35.7. The molecule has 0 N–H and O–H groups in total. The lowest BCUT2D eigenvalue weighted by atomic mass is 9.67. The first-order chi connectivity index (χ1) is 33.2. The molecule has 5 aromatic heterocycles. The summed E-state index contributed by atoms with van der Waals surface area (Å²) in [6.45, 7) is 0. The molecule has 67 heavy (non-hydrogen) atoms. The van der Waals surface area contributed by atoms with Crippen LogP contribution in [0.2, 0.25) is 0 Å². The third-order valence-corrected chi connectivity index (χ3v) is 15.6. The summed E-state index contributed by atoms with van der Waals surface area (Å²) in [5.41, 5.74) is 16.3. The number of rotatable bonds is 3. The van der Waals surface area contributed by atoms with E-state index in [0.717, 1.165) is 72.4 Å². The Hall–Kier alpha value is -8.70. The highest BCUT2D eigenvalue weighted by molar-refractivity contribution is 7.99. The van der Waals surface area contributed by atoms with Gasteiger partial charge in [0.1, 0.15) is 0 Å². The van der Waals surface area contributed by atoms with Crippen molar-refractivity contribution >= 4 is 77.2 Å². The maximum Gasteiger partial charge on any atom is 0.0991 e. The van der Waals surface area contributed by atoms with E-state index in [9.17, 15) is 5.26 Å². The van der Waals surface area contributed by atoms with E-state index in [4.69, 9.17) is 9.97 Å². The summed E-state index contributed by atoms with van der Waals surface area (Å²) in [5.74, 6) is 0. The summed E-state index contributed by atoms with van der Waals surface area (Å²) in [6.07, 6.45) is 3.89. The van der Waals surface area contributed by atoms with Crippen molar-refractivity contribution < 1.29 is 0 Å². The number of pyridine rings is 2. The molecule has 6 heterocycles. The molecule has 0 amide bonds. The van der Waals surface area contributed by atoms with Gasteiger partial charge in [0.2, 0.25) is 0 Å². The molecule has 1 aliphatic carbocycles. The second-order valence-corrected chi connectivity index (χ2v) is 18.7. The van der Waals surface area contributed by atoms with Gasteiger partial charge in [0.15, 0.2) is 0 Å². The first-order valence-corrected chi connectivity index (χ1v) is 23.3. The zero-order valence-corrected chi connectivity index (χ0v) is 36.5. The van der Waals surface area contributed by atoms with Crippen molar-refractivity contribution in [2.45, 2.75) is 15.2 Å². The second-order valence-electron chi connectivity index (χ2n) is 17.6. The molecule has 0 fully saturated rings. The van der Waals surface area contributed by atoms with Gasteiger partial charge in [0.25, 0.3) is 0 Å². The van der Waals surface area contributed by atoms with Crippen LogP contribution in [0.5, 0.6) is 0 Å². The molecule has 7 heteroatoms. The first kappa shape index (κ1) is 36.6. The number of aromatic nitrogens is 5. The highest BCUT2D eigenvalue weighted by atomic mass is 32.2. The van der Waals surface area contributed by atoms with Gasteiger partial charge in [-0.15, -0.1) is 0 Å². The Morgan fingerprint density at radius 1 is 0.388 bits per heavy atom. The molecule has 0 saturated carbocycles. The summed E-state index contributed by atoms with van der Waals surface area (Å²) < 4.78 is 7.15. The maximum atomic E-state index is 9.90. The van der Waals surface area contributed by atoms with Crippen LogP contribution in [0.15, 0.2) is 216 Å². The summed E-state index contributed by atoms with van der Waals surface area (Å²) in [4.78, 5) is 12.9. The molecule has 1 atom stereocenters. The molecule has 1 aliphatic heterocycles. The third-order valence-electron chi connectivity index (χ3n) is 14.4. The molecule has 310 valence electrons. The summed E-state index contributed by atoms with van der Waals surface area (Å²) >= 11 is 1.83. The highest BCUT2D eigenvalue weighted by Crippen LogP contribution is 2.62. The molecule has 13 aromatic rings. The van der Waals surface area contributed by atoms with Gasteiger partial charge >= 0.3 is 0 Å². The minimum atomic E-state index is -0.732. The van der Waals surface area contributed by atoms with Crippen molar-refractivity contribution in [2.24, 2.45) is 0 Å². The maximum absolute atomic E-state index is 9.90. The molecule has 0 saturated heterocycles. The van der Waals surface area contributed by atoms with E-state index in [0.29, 0.717) is 5.56 Å². The number of hydrogen-bond acceptors (Lipinski definition) is 4. The van der Waals surface area contributed by atoms with Crippen LogP contribution in [-0.4, -0.2) is 23.7 Å². The summed E-state index contributed by atoms with van der Waals surface area (Å²) in [5, 5.41) is 16.9. The van der Waals surface area contributed by atoms with Gasteiger partial charge in [-0.1, -0.05) is 109 Å². The molecule has 6 nitrogen and oxygen atoms in total. The van der Waals surface area contributed by atoms with E-state index in [2.05, 4.69) is 202 Å². The molecule has 8 aromatic carbocycles. The Morgan fingerprint density at radius 3 is 1.57 bits per heavy atom. The Kier molecular flexibility index (Phi) is 7.34. The topological polar surface area (TPSA) is 64.4 Å². The molecule has 1 spiro atoms. The van der Waals surface area contributed by atoms with Gasteiger partial charge < -0.3 is 13.7 Å². The lowest BCUT2D eigenvalue weighted by Gasteiger charge is -2.39. The smallest absolute Gasteiger partial charge is 0.0991 e. The molecular formula is C60H34N6S. The number of fused-ring (bicyclic) bond motifs is 18. The second kappa shape index (κ2) is 13.4. The molecule has 15 rings (SSSR count). The number of hydrogen-bond donors (Lipinski definition) is 0. The predicted molar refractivity (Wildman–Crippen MR) is 271 cm³/mol. The summed E-state index contributed by atoms with van der Waals surface area (Å²) in [7, 11) is 0. The van der Waals surface area contributed by atoms with Crippen molar-refractivity contribution in [3.05, 3.63) is 234 Å². The van der Waals surface area contributed by atoms with Crippen LogP contribution in [0.1, 0.15) is 27.8 Å². The van der Waals surface area contributed by atoms with Crippen LogP contribution >= 0.6 is 11.8 Å². The predicted octanol–water partition coefficient (Wildman–Crippen LogP) is 14.5. The standard InChI is InChI=1S/C60H34N6S/c61-34-36-23-26-54-44(30-36)42-14-3-9-21-53(42)66(54)39-33-49-59(63-35-39)58-47(17-11-29-62-58)60(49)46-16-5-10-22-56(46)67-57-28-25-38(32-48(57)60)65-52-20-8-4-15-43(52)45-31-37(24-27-55(45)65)64-50-18-6-1-12-40(50)41-13-2-7-19-51(41)64/h1-33,35H. The fourth-order valence-electron chi connectivity index (χ4n) is 11.7. The van der Waals surface area contributed by atoms with Gasteiger partial charge in [-0.2, -0.15) is 5.26 Å². The molecule has 0 radical (unpaired) electrons. The minimum absolute atomic E-state index is 0.638. The molecule has 2 aliphatic rings. The summed E-state index contributed by atoms with van der Waals surface area (Å²) in [6, 6.07) is 72.6. The molecule has 1 unspecified atom stereocenters. The Balaban J connectivity index is 0.990. The van der Waals surface area contributed by atoms with Crippen molar-refractivity contribution in [2.75, 3.05) is 0 Å². The number of nitrogens with zero attached hydrogens (tertiary/aromatic N) is 6. The monoisotopic (exact) mass is 870 g/mol.